The second kappa shape index (κ2) is 8.72. The highest BCUT2D eigenvalue weighted by molar-refractivity contribution is 7.13. The van der Waals surface area contributed by atoms with Gasteiger partial charge in [-0.3, -0.25) is 24.0 Å². The fourth-order valence-corrected chi connectivity index (χ4v) is 5.52. The molecule has 0 spiro atoms. The highest BCUT2D eigenvalue weighted by Gasteiger charge is 2.49. The summed E-state index contributed by atoms with van der Waals surface area (Å²) in [5.41, 5.74) is 1.22. The number of aromatic nitrogens is 2. The van der Waals surface area contributed by atoms with E-state index in [0.717, 1.165) is 36.3 Å². The van der Waals surface area contributed by atoms with Crippen molar-refractivity contribution in [3.8, 4) is 10.6 Å². The Morgan fingerprint density at radius 3 is 2.53 bits per heavy atom. The number of hydrogen-bond donors (Lipinski definition) is 2. The van der Waals surface area contributed by atoms with E-state index < -0.39 is 5.54 Å². The number of carbonyl (C=O) groups excluding carboxylic acids is 3. The summed E-state index contributed by atoms with van der Waals surface area (Å²) in [5, 5.41) is 12.6. The molecule has 34 heavy (non-hydrogen) atoms. The van der Waals surface area contributed by atoms with Crippen LogP contribution in [0.5, 0.6) is 0 Å². The largest absolute Gasteiger partial charge is 0.351 e. The van der Waals surface area contributed by atoms with Crippen LogP contribution in [0.3, 0.4) is 0 Å². The molecular formula is C25H27N5O3S. The number of carbonyl (C=O) groups is 3. The smallest absolute Gasteiger partial charge is 0.277 e. The van der Waals surface area contributed by atoms with Gasteiger partial charge in [0, 0.05) is 24.3 Å². The molecule has 5 rings (SSSR count). The van der Waals surface area contributed by atoms with Crippen LogP contribution >= 0.6 is 11.3 Å². The Morgan fingerprint density at radius 2 is 1.88 bits per heavy atom. The van der Waals surface area contributed by atoms with E-state index in [1.54, 1.807) is 58.2 Å². The van der Waals surface area contributed by atoms with Gasteiger partial charge >= 0.3 is 0 Å². The van der Waals surface area contributed by atoms with Gasteiger partial charge in [0.1, 0.15) is 16.9 Å². The lowest BCUT2D eigenvalue weighted by Crippen LogP contribution is -2.65. The molecule has 9 heteroatoms. The summed E-state index contributed by atoms with van der Waals surface area (Å²) in [6, 6.07) is 12.8. The molecule has 2 N–H and O–H groups in total. The van der Waals surface area contributed by atoms with Gasteiger partial charge < -0.3 is 10.6 Å². The van der Waals surface area contributed by atoms with E-state index in [2.05, 4.69) is 15.7 Å². The lowest BCUT2D eigenvalue weighted by Gasteiger charge is -2.43. The van der Waals surface area contributed by atoms with Gasteiger partial charge in [-0.05, 0) is 61.5 Å². The number of thiophene rings is 1. The van der Waals surface area contributed by atoms with Gasteiger partial charge in [-0.2, -0.15) is 5.10 Å². The average molecular weight is 478 g/mol. The van der Waals surface area contributed by atoms with E-state index in [1.165, 1.54) is 6.92 Å². The maximum Gasteiger partial charge on any atom is 0.277 e. The Balaban J connectivity index is 1.54. The molecule has 1 atom stereocenters. The van der Waals surface area contributed by atoms with Crippen molar-refractivity contribution in [3.05, 3.63) is 53.5 Å². The lowest BCUT2D eigenvalue weighted by molar-refractivity contribution is -0.127. The van der Waals surface area contributed by atoms with Crippen LogP contribution in [0.1, 0.15) is 50.0 Å². The number of nitrogens with one attached hydrogen (secondary N) is 2. The van der Waals surface area contributed by atoms with Gasteiger partial charge in [-0.15, -0.1) is 11.3 Å². The number of rotatable bonds is 5. The van der Waals surface area contributed by atoms with Crippen LogP contribution in [-0.2, 0) is 16.1 Å². The fourth-order valence-electron chi connectivity index (χ4n) is 4.84. The van der Waals surface area contributed by atoms with E-state index in [9.17, 15) is 14.4 Å². The normalized spacial score (nSPS) is 20.3. The van der Waals surface area contributed by atoms with Crippen molar-refractivity contribution in [3.63, 3.8) is 0 Å². The first-order chi connectivity index (χ1) is 16.3. The minimum absolute atomic E-state index is 0.129. The first-order valence-corrected chi connectivity index (χ1v) is 12.4. The van der Waals surface area contributed by atoms with Gasteiger partial charge in [-0.25, -0.2) is 0 Å². The van der Waals surface area contributed by atoms with Crippen molar-refractivity contribution < 1.29 is 14.4 Å². The zero-order valence-corrected chi connectivity index (χ0v) is 20.0. The summed E-state index contributed by atoms with van der Waals surface area (Å²) in [5.74, 6) is -0.636. The minimum atomic E-state index is -1.17. The maximum absolute atomic E-state index is 13.8. The molecule has 0 saturated heterocycles. The Bertz CT molecular complexity index is 1230. The Morgan fingerprint density at radius 1 is 1.15 bits per heavy atom. The predicted molar refractivity (Wildman–Crippen MR) is 132 cm³/mol. The fraction of sp³-hybridized carbons (Fsp3) is 0.360. The molecule has 3 heterocycles. The number of nitrogens with zero attached hydrogens (tertiary/aromatic N) is 3. The monoisotopic (exact) mass is 477 g/mol. The summed E-state index contributed by atoms with van der Waals surface area (Å²) < 4.78 is 1.66. The highest BCUT2D eigenvalue weighted by atomic mass is 32.1. The molecule has 1 saturated carbocycles. The van der Waals surface area contributed by atoms with Crippen LogP contribution in [0, 0.1) is 0 Å². The molecule has 0 radical (unpaired) electrons. The molecule has 1 aliphatic heterocycles. The Labute approximate surface area is 202 Å². The van der Waals surface area contributed by atoms with Crippen LogP contribution < -0.4 is 15.5 Å². The summed E-state index contributed by atoms with van der Waals surface area (Å²) in [4.78, 5) is 41.5. The van der Waals surface area contributed by atoms with Crippen LogP contribution in [0.25, 0.3) is 10.6 Å². The molecule has 2 aromatic heterocycles. The lowest BCUT2D eigenvalue weighted by atomic mass is 9.93. The topological polar surface area (TPSA) is 96.3 Å². The molecule has 3 aromatic rings. The van der Waals surface area contributed by atoms with Crippen molar-refractivity contribution in [2.45, 2.75) is 57.7 Å². The standard InChI is InChI=1S/C25H27N5O3S/c1-16(31)26-18-9-11-19(12-10-18)30-23(32)21-14-20(22-8-5-13-34-22)28-29(21)15-25(30,2)24(33)27-17-6-3-4-7-17/h5,8-14,17H,3-4,6-7,15H2,1-2H3,(H,26,31)(H,27,33)/t25-/m0/s1. The van der Waals surface area contributed by atoms with Crippen LogP contribution in [0.4, 0.5) is 11.4 Å². The molecule has 1 aromatic carbocycles. The first-order valence-electron chi connectivity index (χ1n) is 11.5. The Hall–Kier alpha value is -3.46. The third kappa shape index (κ3) is 4.00. The Kier molecular flexibility index (Phi) is 5.73. The third-order valence-corrected chi connectivity index (χ3v) is 7.44. The molecule has 1 aliphatic carbocycles. The summed E-state index contributed by atoms with van der Waals surface area (Å²) in [7, 11) is 0. The van der Waals surface area contributed by atoms with Gasteiger partial charge in [0.15, 0.2) is 0 Å². The van der Waals surface area contributed by atoms with Gasteiger partial charge in [0.2, 0.25) is 11.8 Å². The number of anilines is 2. The average Bonchev–Trinajstić information content (AvgIpc) is 3.56. The maximum atomic E-state index is 13.8. The molecular weight excluding hydrogens is 450 g/mol. The predicted octanol–water partition coefficient (Wildman–Crippen LogP) is 4.05. The molecule has 176 valence electrons. The van der Waals surface area contributed by atoms with Gasteiger partial charge in [0.05, 0.1) is 11.4 Å². The van der Waals surface area contributed by atoms with E-state index >= 15 is 0 Å². The van der Waals surface area contributed by atoms with E-state index in [-0.39, 0.29) is 30.3 Å². The van der Waals surface area contributed by atoms with Crippen molar-refractivity contribution in [2.75, 3.05) is 10.2 Å². The van der Waals surface area contributed by atoms with E-state index in [0.29, 0.717) is 17.1 Å². The number of benzene rings is 1. The number of amides is 3. The van der Waals surface area contributed by atoms with E-state index in [1.807, 2.05) is 17.5 Å². The quantitative estimate of drug-likeness (QED) is 0.580. The van der Waals surface area contributed by atoms with E-state index in [4.69, 9.17) is 0 Å². The second-order valence-corrected chi connectivity index (χ2v) is 10.1. The zero-order valence-electron chi connectivity index (χ0n) is 19.2. The third-order valence-electron chi connectivity index (χ3n) is 6.55. The summed E-state index contributed by atoms with van der Waals surface area (Å²) in [6.07, 6.45) is 4.11. The summed E-state index contributed by atoms with van der Waals surface area (Å²) in [6.45, 7) is 3.48. The summed E-state index contributed by atoms with van der Waals surface area (Å²) >= 11 is 1.56. The SMILES string of the molecule is CC(=O)Nc1ccc(N2C(=O)c3cc(-c4cccs4)nn3C[C@@]2(C)C(=O)NC2CCCC2)cc1. The molecule has 3 amide bonds. The van der Waals surface area contributed by atoms with Crippen molar-refractivity contribution in [1.29, 1.82) is 0 Å². The van der Waals surface area contributed by atoms with Crippen molar-refractivity contribution in [1.82, 2.24) is 15.1 Å². The van der Waals surface area contributed by atoms with Gasteiger partial charge in [0.25, 0.3) is 5.91 Å². The van der Waals surface area contributed by atoms with Crippen molar-refractivity contribution in [2.24, 2.45) is 0 Å². The molecule has 8 nitrogen and oxygen atoms in total. The molecule has 0 unspecified atom stereocenters. The van der Waals surface area contributed by atoms with Crippen LogP contribution in [0.15, 0.2) is 47.8 Å². The van der Waals surface area contributed by atoms with Gasteiger partial charge in [-0.1, -0.05) is 18.9 Å². The molecule has 2 aliphatic rings. The first kappa shape index (κ1) is 22.3. The zero-order chi connectivity index (χ0) is 23.9. The van der Waals surface area contributed by atoms with Crippen molar-refractivity contribution >= 4 is 40.4 Å². The van der Waals surface area contributed by atoms with Crippen LogP contribution in [-0.4, -0.2) is 39.1 Å². The molecule has 1 fully saturated rings. The van der Waals surface area contributed by atoms with Crippen LogP contribution in [0.2, 0.25) is 0 Å². The molecule has 0 bridgehead atoms. The minimum Gasteiger partial charge on any atom is -0.351 e. The number of fused-ring (bicyclic) bond motifs is 1. The highest BCUT2D eigenvalue weighted by Crippen LogP contribution is 2.35. The second-order valence-electron chi connectivity index (χ2n) is 9.15. The number of hydrogen-bond acceptors (Lipinski definition) is 5.